The van der Waals surface area contributed by atoms with E-state index in [1.807, 2.05) is 0 Å². The number of benzene rings is 1. The van der Waals surface area contributed by atoms with E-state index in [1.165, 1.54) is 0 Å². The van der Waals surface area contributed by atoms with Gasteiger partial charge in [-0.05, 0) is 36.8 Å². The van der Waals surface area contributed by atoms with Crippen LogP contribution >= 0.6 is 0 Å². The van der Waals surface area contributed by atoms with Gasteiger partial charge in [-0.1, -0.05) is 6.07 Å². The van der Waals surface area contributed by atoms with Crippen molar-refractivity contribution >= 4 is 11.6 Å². The molecule has 0 aliphatic carbocycles. The number of aromatic nitrogens is 1. The Kier molecular flexibility index (Phi) is 4.75. The van der Waals surface area contributed by atoms with Gasteiger partial charge in [-0.3, -0.25) is 9.78 Å². The van der Waals surface area contributed by atoms with Gasteiger partial charge in [0.05, 0.1) is 11.3 Å². The maximum atomic E-state index is 13.5. The van der Waals surface area contributed by atoms with E-state index in [4.69, 9.17) is 0 Å². The lowest BCUT2D eigenvalue weighted by molar-refractivity contribution is -0.137. The minimum absolute atomic E-state index is 0.00724. The molecular weight excluding hydrogens is 300 g/mol. The number of pyridine rings is 1. The second-order valence-electron chi connectivity index (χ2n) is 4.56. The van der Waals surface area contributed by atoms with Gasteiger partial charge in [0.2, 0.25) is 5.91 Å². The van der Waals surface area contributed by atoms with Crippen LogP contribution in [0.5, 0.6) is 0 Å². The Balaban J connectivity index is 2.02. The number of aryl methyl sites for hydroxylation is 1. The molecule has 1 aromatic carbocycles. The Morgan fingerprint density at radius 3 is 2.59 bits per heavy atom. The summed E-state index contributed by atoms with van der Waals surface area (Å²) in [7, 11) is 0. The molecular formula is C15H12F4N2O. The number of nitrogens with one attached hydrogen (secondary N) is 1. The molecule has 0 fully saturated rings. The summed E-state index contributed by atoms with van der Waals surface area (Å²) in [6.07, 6.45) is -2.72. The van der Waals surface area contributed by atoms with Gasteiger partial charge in [0.15, 0.2) is 0 Å². The molecule has 1 N–H and O–H groups in total. The zero-order chi connectivity index (χ0) is 16.2. The maximum absolute atomic E-state index is 13.5. The predicted octanol–water partition coefficient (Wildman–Crippen LogP) is 3.81. The van der Waals surface area contributed by atoms with E-state index in [9.17, 15) is 22.4 Å². The quantitative estimate of drug-likeness (QED) is 0.872. The number of halogens is 4. The van der Waals surface area contributed by atoms with E-state index in [0.717, 1.165) is 0 Å². The van der Waals surface area contributed by atoms with Crippen LogP contribution in [0.1, 0.15) is 17.7 Å². The Morgan fingerprint density at radius 1 is 1.18 bits per heavy atom. The number of hydrogen-bond acceptors (Lipinski definition) is 2. The topological polar surface area (TPSA) is 42.0 Å². The summed E-state index contributed by atoms with van der Waals surface area (Å²) in [5.74, 6) is -1.50. The molecule has 0 aliphatic heterocycles. The first-order valence-corrected chi connectivity index (χ1v) is 6.43. The van der Waals surface area contributed by atoms with E-state index < -0.39 is 29.2 Å². The van der Waals surface area contributed by atoms with Crippen molar-refractivity contribution in [2.75, 3.05) is 5.32 Å². The minimum Gasteiger partial charge on any atom is -0.324 e. The number of rotatable bonds is 4. The van der Waals surface area contributed by atoms with Crippen molar-refractivity contribution < 1.29 is 22.4 Å². The van der Waals surface area contributed by atoms with Crippen molar-refractivity contribution in [2.24, 2.45) is 0 Å². The van der Waals surface area contributed by atoms with Crippen LogP contribution in [-0.4, -0.2) is 10.9 Å². The summed E-state index contributed by atoms with van der Waals surface area (Å²) in [5, 5.41) is 2.15. The third kappa shape index (κ3) is 4.28. The molecule has 0 bridgehead atoms. The molecule has 116 valence electrons. The van der Waals surface area contributed by atoms with Crippen LogP contribution < -0.4 is 5.32 Å². The van der Waals surface area contributed by atoms with Gasteiger partial charge in [-0.25, -0.2) is 4.39 Å². The number of nitrogens with zero attached hydrogens (tertiary/aromatic N) is 1. The van der Waals surface area contributed by atoms with Crippen LogP contribution in [0.4, 0.5) is 23.2 Å². The fraction of sp³-hybridized carbons (Fsp3) is 0.200. The van der Waals surface area contributed by atoms with Gasteiger partial charge in [0.1, 0.15) is 5.82 Å². The van der Waals surface area contributed by atoms with Crippen molar-refractivity contribution in [3.8, 4) is 0 Å². The first kappa shape index (κ1) is 15.9. The average Bonchev–Trinajstić information content (AvgIpc) is 2.47. The molecule has 0 unspecified atom stereocenters. The highest BCUT2D eigenvalue weighted by atomic mass is 19.4. The third-order valence-electron chi connectivity index (χ3n) is 2.90. The van der Waals surface area contributed by atoms with Gasteiger partial charge in [-0.15, -0.1) is 0 Å². The third-order valence-corrected chi connectivity index (χ3v) is 2.90. The lowest BCUT2D eigenvalue weighted by atomic mass is 10.1. The molecule has 22 heavy (non-hydrogen) atoms. The molecule has 0 saturated heterocycles. The largest absolute Gasteiger partial charge is 0.416 e. The van der Waals surface area contributed by atoms with Crippen molar-refractivity contribution in [1.29, 1.82) is 0 Å². The average molecular weight is 312 g/mol. The van der Waals surface area contributed by atoms with Crippen molar-refractivity contribution in [3.63, 3.8) is 0 Å². The Bertz CT molecular complexity index is 656. The smallest absolute Gasteiger partial charge is 0.324 e. The van der Waals surface area contributed by atoms with Crippen LogP contribution in [0.3, 0.4) is 0 Å². The summed E-state index contributed by atoms with van der Waals surface area (Å²) >= 11 is 0. The lowest BCUT2D eigenvalue weighted by Crippen LogP contribution is -2.15. The SMILES string of the molecule is O=C(CCc1ccccn1)Nc1cc(C(F)(F)F)ccc1F. The molecule has 7 heteroatoms. The predicted molar refractivity (Wildman–Crippen MR) is 72.6 cm³/mol. The van der Waals surface area contributed by atoms with Gasteiger partial charge in [0.25, 0.3) is 0 Å². The Morgan fingerprint density at radius 2 is 1.95 bits per heavy atom. The van der Waals surface area contributed by atoms with Gasteiger partial charge in [0, 0.05) is 18.3 Å². The second-order valence-corrected chi connectivity index (χ2v) is 4.56. The van der Waals surface area contributed by atoms with Crippen LogP contribution in [0.2, 0.25) is 0 Å². The van der Waals surface area contributed by atoms with Crippen LogP contribution in [-0.2, 0) is 17.4 Å². The molecule has 3 nitrogen and oxygen atoms in total. The summed E-state index contributed by atoms with van der Waals surface area (Å²) < 4.78 is 51.2. The van der Waals surface area contributed by atoms with E-state index >= 15 is 0 Å². The van der Waals surface area contributed by atoms with Gasteiger partial charge >= 0.3 is 6.18 Å². The molecule has 0 atom stereocenters. The zero-order valence-electron chi connectivity index (χ0n) is 11.3. The van der Waals surface area contributed by atoms with Crippen LogP contribution in [0.25, 0.3) is 0 Å². The highest BCUT2D eigenvalue weighted by Gasteiger charge is 2.31. The Labute approximate surface area is 124 Å². The fourth-order valence-corrected chi connectivity index (χ4v) is 1.80. The standard InChI is InChI=1S/C15H12F4N2O/c16-12-6-4-10(15(17,18)19)9-13(12)21-14(22)7-5-11-3-1-2-8-20-11/h1-4,6,8-9H,5,7H2,(H,21,22). The highest BCUT2D eigenvalue weighted by molar-refractivity contribution is 5.91. The summed E-state index contributed by atoms with van der Waals surface area (Å²) in [4.78, 5) is 15.7. The molecule has 0 spiro atoms. The first-order chi connectivity index (χ1) is 10.4. The molecule has 2 rings (SSSR count). The number of carbonyl (C=O) groups excluding carboxylic acids is 1. The monoisotopic (exact) mass is 312 g/mol. The van der Waals surface area contributed by atoms with E-state index in [1.54, 1.807) is 24.4 Å². The maximum Gasteiger partial charge on any atom is 0.416 e. The summed E-state index contributed by atoms with van der Waals surface area (Å²) in [6.45, 7) is 0. The number of amides is 1. The van der Waals surface area contributed by atoms with E-state index in [-0.39, 0.29) is 6.42 Å². The number of carbonyl (C=O) groups is 1. The zero-order valence-corrected chi connectivity index (χ0v) is 11.3. The number of hydrogen-bond donors (Lipinski definition) is 1. The Hall–Kier alpha value is -2.44. The van der Waals surface area contributed by atoms with Gasteiger partial charge in [-0.2, -0.15) is 13.2 Å². The number of alkyl halides is 3. The fourth-order valence-electron chi connectivity index (χ4n) is 1.80. The second kappa shape index (κ2) is 6.55. The van der Waals surface area contributed by atoms with Crippen LogP contribution in [0, 0.1) is 5.82 Å². The van der Waals surface area contributed by atoms with Crippen molar-refractivity contribution in [2.45, 2.75) is 19.0 Å². The molecule has 2 aromatic rings. The molecule has 1 heterocycles. The molecule has 1 aromatic heterocycles. The molecule has 0 saturated carbocycles. The minimum atomic E-state index is -4.60. The summed E-state index contributed by atoms with van der Waals surface area (Å²) in [5.41, 5.74) is -0.836. The molecule has 0 aliphatic rings. The molecule has 1 amide bonds. The van der Waals surface area contributed by atoms with E-state index in [2.05, 4.69) is 10.3 Å². The highest BCUT2D eigenvalue weighted by Crippen LogP contribution is 2.31. The first-order valence-electron chi connectivity index (χ1n) is 6.43. The lowest BCUT2D eigenvalue weighted by Gasteiger charge is -2.11. The van der Waals surface area contributed by atoms with Crippen molar-refractivity contribution in [1.82, 2.24) is 4.98 Å². The molecule has 0 radical (unpaired) electrons. The van der Waals surface area contributed by atoms with Crippen LogP contribution in [0.15, 0.2) is 42.6 Å². The van der Waals surface area contributed by atoms with Crippen molar-refractivity contribution in [3.05, 3.63) is 59.7 Å². The van der Waals surface area contributed by atoms with E-state index in [0.29, 0.717) is 30.3 Å². The summed E-state index contributed by atoms with van der Waals surface area (Å²) in [6, 6.07) is 7.08. The van der Waals surface area contributed by atoms with Gasteiger partial charge < -0.3 is 5.32 Å². The number of anilines is 1. The normalized spacial score (nSPS) is 11.3.